The third kappa shape index (κ3) is 4.54. The van der Waals surface area contributed by atoms with Gasteiger partial charge in [0.05, 0.1) is 7.11 Å². The van der Waals surface area contributed by atoms with Crippen LogP contribution in [0.25, 0.3) is 22.2 Å². The standard InChI is InChI=1S/C24H23FN2O2S/c1-29-18-7-4-16(5-8-18)24-20(21-15-17(25)6-10-22(21)27-24)9-11-23(28)26-13-12-19-3-2-14-30-19/h2-8,10,14-15,27H,9,11-13H2,1H3,(H,26,28). The number of carbonyl (C=O) groups is 1. The molecule has 0 radical (unpaired) electrons. The van der Waals surface area contributed by atoms with Crippen LogP contribution in [0.15, 0.2) is 60.0 Å². The summed E-state index contributed by atoms with van der Waals surface area (Å²) in [6, 6.07) is 16.5. The van der Waals surface area contributed by atoms with E-state index in [0.29, 0.717) is 19.4 Å². The maximum atomic E-state index is 13.9. The molecule has 4 nitrogen and oxygen atoms in total. The fraction of sp³-hybridized carbons (Fsp3) is 0.208. The van der Waals surface area contributed by atoms with Gasteiger partial charge in [0.25, 0.3) is 0 Å². The number of H-pyrrole nitrogens is 1. The third-order valence-electron chi connectivity index (χ3n) is 5.12. The highest BCUT2D eigenvalue weighted by Crippen LogP contribution is 2.32. The van der Waals surface area contributed by atoms with Gasteiger partial charge in [0, 0.05) is 34.4 Å². The molecule has 1 amide bonds. The maximum Gasteiger partial charge on any atom is 0.220 e. The molecule has 6 heteroatoms. The van der Waals surface area contributed by atoms with Gasteiger partial charge in [-0.3, -0.25) is 4.79 Å². The summed E-state index contributed by atoms with van der Waals surface area (Å²) < 4.78 is 19.2. The molecule has 4 aromatic rings. The summed E-state index contributed by atoms with van der Waals surface area (Å²) in [6.45, 7) is 0.618. The molecule has 30 heavy (non-hydrogen) atoms. The number of aromatic nitrogens is 1. The SMILES string of the molecule is COc1ccc(-c2[nH]c3ccc(F)cc3c2CCC(=O)NCCc2cccs2)cc1. The average molecular weight is 423 g/mol. The van der Waals surface area contributed by atoms with Crippen molar-refractivity contribution in [3.8, 4) is 17.0 Å². The van der Waals surface area contributed by atoms with Crippen molar-refractivity contribution in [1.82, 2.24) is 10.3 Å². The highest BCUT2D eigenvalue weighted by Gasteiger charge is 2.15. The monoisotopic (exact) mass is 422 g/mol. The Labute approximate surface area is 178 Å². The molecular formula is C24H23FN2O2S. The number of amides is 1. The largest absolute Gasteiger partial charge is 0.497 e. The van der Waals surface area contributed by atoms with E-state index in [9.17, 15) is 9.18 Å². The van der Waals surface area contributed by atoms with Crippen molar-refractivity contribution in [3.63, 3.8) is 0 Å². The van der Waals surface area contributed by atoms with Crippen molar-refractivity contribution in [2.75, 3.05) is 13.7 Å². The van der Waals surface area contributed by atoms with Crippen LogP contribution >= 0.6 is 11.3 Å². The number of nitrogens with one attached hydrogen (secondary N) is 2. The number of ether oxygens (including phenoxy) is 1. The van der Waals surface area contributed by atoms with E-state index >= 15 is 0 Å². The number of rotatable bonds is 8. The van der Waals surface area contributed by atoms with Gasteiger partial charge in [-0.15, -0.1) is 11.3 Å². The summed E-state index contributed by atoms with van der Waals surface area (Å²) in [4.78, 5) is 17.0. The molecule has 0 saturated heterocycles. The molecule has 0 aliphatic carbocycles. The minimum Gasteiger partial charge on any atom is -0.497 e. The Morgan fingerprint density at radius 3 is 2.70 bits per heavy atom. The first-order chi connectivity index (χ1) is 14.6. The van der Waals surface area contributed by atoms with Crippen LogP contribution in [0.5, 0.6) is 5.75 Å². The van der Waals surface area contributed by atoms with E-state index in [1.54, 1.807) is 24.5 Å². The van der Waals surface area contributed by atoms with E-state index in [1.807, 2.05) is 35.7 Å². The summed E-state index contributed by atoms with van der Waals surface area (Å²) in [5.74, 6) is 0.481. The van der Waals surface area contributed by atoms with Crippen LogP contribution in [0.4, 0.5) is 4.39 Å². The van der Waals surface area contributed by atoms with Crippen LogP contribution in [0, 0.1) is 5.82 Å². The van der Waals surface area contributed by atoms with Gasteiger partial charge in [-0.05, 0) is 77.9 Å². The van der Waals surface area contributed by atoms with Gasteiger partial charge in [0.15, 0.2) is 0 Å². The van der Waals surface area contributed by atoms with Gasteiger partial charge in [0.2, 0.25) is 5.91 Å². The van der Waals surface area contributed by atoms with Gasteiger partial charge in [-0.1, -0.05) is 6.07 Å². The van der Waals surface area contributed by atoms with Crippen molar-refractivity contribution in [2.45, 2.75) is 19.3 Å². The molecular weight excluding hydrogens is 399 g/mol. The predicted octanol–water partition coefficient (Wildman–Crippen LogP) is 5.34. The summed E-state index contributed by atoms with van der Waals surface area (Å²) in [5.41, 5.74) is 3.68. The number of carbonyl (C=O) groups excluding carboxylic acids is 1. The van der Waals surface area contributed by atoms with Gasteiger partial charge < -0.3 is 15.0 Å². The zero-order valence-corrected chi connectivity index (χ0v) is 17.5. The molecule has 0 fully saturated rings. The molecule has 0 bridgehead atoms. The summed E-state index contributed by atoms with van der Waals surface area (Å²) in [7, 11) is 1.63. The second kappa shape index (κ2) is 9.13. The number of aryl methyl sites for hydroxylation is 1. The molecule has 2 heterocycles. The molecule has 2 aromatic carbocycles. The Morgan fingerprint density at radius 2 is 1.97 bits per heavy atom. The van der Waals surface area contributed by atoms with Gasteiger partial charge in [0.1, 0.15) is 11.6 Å². The number of benzene rings is 2. The lowest BCUT2D eigenvalue weighted by Gasteiger charge is -2.08. The molecule has 0 unspecified atom stereocenters. The van der Waals surface area contributed by atoms with E-state index in [4.69, 9.17) is 4.74 Å². The summed E-state index contributed by atoms with van der Waals surface area (Å²) >= 11 is 1.69. The van der Waals surface area contributed by atoms with E-state index in [2.05, 4.69) is 16.4 Å². The number of halogens is 1. The molecule has 0 saturated carbocycles. The smallest absolute Gasteiger partial charge is 0.220 e. The highest BCUT2D eigenvalue weighted by molar-refractivity contribution is 7.09. The van der Waals surface area contributed by atoms with Gasteiger partial charge in [-0.25, -0.2) is 4.39 Å². The quantitative estimate of drug-likeness (QED) is 0.403. The normalized spacial score (nSPS) is 11.0. The second-order valence-corrected chi connectivity index (χ2v) is 8.11. The Kier molecular flexibility index (Phi) is 6.14. The van der Waals surface area contributed by atoms with Crippen molar-refractivity contribution >= 4 is 28.1 Å². The summed E-state index contributed by atoms with van der Waals surface area (Å²) in [5, 5.41) is 5.83. The van der Waals surface area contributed by atoms with Gasteiger partial charge in [-0.2, -0.15) is 0 Å². The maximum absolute atomic E-state index is 13.9. The number of aromatic amines is 1. The third-order valence-corrected chi connectivity index (χ3v) is 6.06. The molecule has 0 atom stereocenters. The van der Waals surface area contributed by atoms with Crippen LogP contribution in [0.1, 0.15) is 16.9 Å². The lowest BCUT2D eigenvalue weighted by atomic mass is 10.0. The zero-order valence-electron chi connectivity index (χ0n) is 16.7. The molecule has 0 spiro atoms. The first-order valence-corrected chi connectivity index (χ1v) is 10.8. The van der Waals surface area contributed by atoms with E-state index < -0.39 is 0 Å². The first kappa shape index (κ1) is 20.2. The zero-order chi connectivity index (χ0) is 20.9. The van der Waals surface area contributed by atoms with Crippen LogP contribution in [0.3, 0.4) is 0 Å². The van der Waals surface area contributed by atoms with Gasteiger partial charge >= 0.3 is 0 Å². The average Bonchev–Trinajstić information content (AvgIpc) is 3.40. The minimum atomic E-state index is -0.288. The number of methoxy groups -OCH3 is 1. The molecule has 4 rings (SSSR count). The Morgan fingerprint density at radius 1 is 1.13 bits per heavy atom. The predicted molar refractivity (Wildman–Crippen MR) is 120 cm³/mol. The highest BCUT2D eigenvalue weighted by atomic mass is 32.1. The van der Waals surface area contributed by atoms with Crippen LogP contribution < -0.4 is 10.1 Å². The van der Waals surface area contributed by atoms with Crippen molar-refractivity contribution in [1.29, 1.82) is 0 Å². The first-order valence-electron chi connectivity index (χ1n) is 9.87. The molecule has 154 valence electrons. The second-order valence-electron chi connectivity index (χ2n) is 7.08. The number of thiophene rings is 1. The fourth-order valence-corrected chi connectivity index (χ4v) is 4.30. The number of hydrogen-bond acceptors (Lipinski definition) is 3. The number of hydrogen-bond donors (Lipinski definition) is 2. The van der Waals surface area contributed by atoms with E-state index in [1.165, 1.54) is 17.0 Å². The number of fused-ring (bicyclic) bond motifs is 1. The fourth-order valence-electron chi connectivity index (χ4n) is 3.59. The van der Waals surface area contributed by atoms with Crippen LogP contribution in [-0.2, 0) is 17.6 Å². The van der Waals surface area contributed by atoms with Crippen molar-refractivity contribution in [3.05, 3.63) is 76.2 Å². The lowest BCUT2D eigenvalue weighted by Crippen LogP contribution is -2.25. The lowest BCUT2D eigenvalue weighted by molar-refractivity contribution is -0.121. The van der Waals surface area contributed by atoms with Crippen LogP contribution in [-0.4, -0.2) is 24.5 Å². The molecule has 0 aliphatic heterocycles. The van der Waals surface area contributed by atoms with Crippen LogP contribution in [0.2, 0.25) is 0 Å². The Bertz CT molecular complexity index is 1130. The molecule has 2 N–H and O–H groups in total. The minimum absolute atomic E-state index is 0.00186. The molecule has 0 aliphatic rings. The molecule has 2 aromatic heterocycles. The van der Waals surface area contributed by atoms with E-state index in [-0.39, 0.29) is 11.7 Å². The van der Waals surface area contributed by atoms with Crippen molar-refractivity contribution < 1.29 is 13.9 Å². The topological polar surface area (TPSA) is 54.1 Å². The Balaban J connectivity index is 1.52. The van der Waals surface area contributed by atoms with Crippen molar-refractivity contribution in [2.24, 2.45) is 0 Å². The van der Waals surface area contributed by atoms with E-state index in [0.717, 1.165) is 39.9 Å². The Hall–Kier alpha value is -3.12. The summed E-state index contributed by atoms with van der Waals surface area (Å²) in [6.07, 6.45) is 1.70.